The number of alkyl halides is 2. The van der Waals surface area contributed by atoms with Crippen molar-refractivity contribution < 1.29 is 37.7 Å². The van der Waals surface area contributed by atoms with Crippen LogP contribution in [0.15, 0.2) is 35.9 Å². The zero-order valence-corrected chi connectivity index (χ0v) is 21.1. The van der Waals surface area contributed by atoms with Gasteiger partial charge in [-0.1, -0.05) is 38.5 Å². The Balaban J connectivity index is 1.42. The molecule has 1 aliphatic heterocycles. The van der Waals surface area contributed by atoms with Crippen LogP contribution in [0.5, 0.6) is 11.5 Å². The summed E-state index contributed by atoms with van der Waals surface area (Å²) in [5, 5.41) is 19.6. The molecule has 198 valence electrons. The van der Waals surface area contributed by atoms with Gasteiger partial charge in [-0.25, -0.2) is 4.39 Å². The summed E-state index contributed by atoms with van der Waals surface area (Å²) >= 11 is 0. The van der Waals surface area contributed by atoms with Gasteiger partial charge in [-0.3, -0.25) is 4.79 Å². The summed E-state index contributed by atoms with van der Waals surface area (Å²) < 4.78 is 51.3. The molecule has 5 rings (SSSR count). The summed E-state index contributed by atoms with van der Waals surface area (Å²) in [6.45, 7) is 5.89. The van der Waals surface area contributed by atoms with E-state index >= 15 is 4.39 Å². The molecule has 0 bridgehead atoms. The average Bonchev–Trinajstić information content (AvgIpc) is 3.50. The number of carbonyl (C=O) groups excluding carboxylic acids is 1. The Labute approximate surface area is 213 Å². The monoisotopic (exact) mass is 516 g/mol. The number of benzene rings is 2. The molecule has 2 aromatic carbocycles. The lowest BCUT2D eigenvalue weighted by Crippen LogP contribution is -2.26. The Hall–Kier alpha value is -2.84. The van der Waals surface area contributed by atoms with Gasteiger partial charge < -0.3 is 19.7 Å². The average molecular weight is 517 g/mol. The molecule has 3 aliphatic rings. The van der Waals surface area contributed by atoms with Gasteiger partial charge in [0, 0.05) is 12.3 Å². The van der Waals surface area contributed by atoms with Crippen LogP contribution in [0.2, 0.25) is 0 Å². The van der Waals surface area contributed by atoms with Gasteiger partial charge in [0.1, 0.15) is 11.6 Å². The first-order valence-electron chi connectivity index (χ1n) is 12.7. The van der Waals surface area contributed by atoms with Crippen LogP contribution in [-0.4, -0.2) is 35.0 Å². The molecule has 5 nitrogen and oxygen atoms in total. The van der Waals surface area contributed by atoms with Gasteiger partial charge >= 0.3 is 6.29 Å². The van der Waals surface area contributed by atoms with Crippen LogP contribution in [0.3, 0.4) is 0 Å². The topological polar surface area (TPSA) is 76.0 Å². The van der Waals surface area contributed by atoms with Gasteiger partial charge in [0.15, 0.2) is 11.5 Å². The van der Waals surface area contributed by atoms with Gasteiger partial charge in [0.05, 0.1) is 18.1 Å². The van der Waals surface area contributed by atoms with E-state index in [-0.39, 0.29) is 53.6 Å². The summed E-state index contributed by atoms with van der Waals surface area (Å²) in [6, 6.07) is 7.53. The number of carbonyl (C=O) groups is 1. The highest BCUT2D eigenvalue weighted by Crippen LogP contribution is 2.53. The molecule has 0 amide bonds. The standard InChI is InChI=1S/C29H31F3O5/c1-4-27(2,3)22-10-16-9-17(23(30)14-20(16)21(22)13-19(34)15-33)11-26(35)28(7-8-28)18-5-6-24-25(12-18)37-29(31,32)36-24/h5-6,9-10,12,14,19,21,33-34H,4,7-8,11,13,15H2,1-3H3/t19-,21?/m1/s1. The van der Waals surface area contributed by atoms with Crippen molar-refractivity contribution in [3.8, 4) is 11.5 Å². The predicted molar refractivity (Wildman–Crippen MR) is 131 cm³/mol. The van der Waals surface area contributed by atoms with E-state index in [0.717, 1.165) is 23.1 Å². The number of aliphatic hydroxyl groups excluding tert-OH is 2. The minimum Gasteiger partial charge on any atom is -0.395 e. The quantitative estimate of drug-likeness (QED) is 0.451. The summed E-state index contributed by atoms with van der Waals surface area (Å²) in [7, 11) is 0. The number of rotatable bonds is 9. The number of aliphatic hydroxyl groups is 2. The minimum atomic E-state index is -3.74. The molecule has 2 aliphatic carbocycles. The van der Waals surface area contributed by atoms with Crippen molar-refractivity contribution in [3.05, 3.63) is 64.0 Å². The zero-order valence-electron chi connectivity index (χ0n) is 21.1. The number of allylic oxidation sites excluding steroid dienone is 1. The van der Waals surface area contributed by atoms with Crippen LogP contribution in [-0.2, 0) is 16.6 Å². The molecule has 1 fully saturated rings. The zero-order chi connectivity index (χ0) is 26.8. The van der Waals surface area contributed by atoms with Gasteiger partial charge in [-0.05, 0) is 77.6 Å². The molecule has 0 radical (unpaired) electrons. The lowest BCUT2D eigenvalue weighted by molar-refractivity contribution is -0.286. The fourth-order valence-corrected chi connectivity index (χ4v) is 5.56. The summed E-state index contributed by atoms with van der Waals surface area (Å²) in [5.41, 5.74) is 2.40. The Bertz CT molecular complexity index is 1280. The SMILES string of the molecule is CCC(C)(C)C1=Cc2cc(CC(=O)C3(c4ccc5c(c4)OC(F)(F)O5)CC3)c(F)cc2C1C[C@@H](O)CO. The third-order valence-electron chi connectivity index (χ3n) is 8.29. The van der Waals surface area contributed by atoms with E-state index < -0.39 is 23.6 Å². The molecule has 2 aromatic rings. The third-order valence-corrected chi connectivity index (χ3v) is 8.29. The minimum absolute atomic E-state index is 0.0832. The van der Waals surface area contributed by atoms with Crippen LogP contribution in [0, 0.1) is 11.2 Å². The second-order valence-electron chi connectivity index (χ2n) is 11.0. The molecule has 37 heavy (non-hydrogen) atoms. The van der Waals surface area contributed by atoms with Crippen molar-refractivity contribution in [1.82, 2.24) is 0 Å². The first-order chi connectivity index (χ1) is 17.4. The Kier molecular flexibility index (Phi) is 6.19. The second-order valence-corrected chi connectivity index (χ2v) is 11.0. The third kappa shape index (κ3) is 4.55. The summed E-state index contributed by atoms with van der Waals surface area (Å²) in [6.07, 6.45) is -0.556. The molecule has 2 atom stereocenters. The van der Waals surface area contributed by atoms with Gasteiger partial charge in [0.2, 0.25) is 0 Å². The number of hydrogen-bond acceptors (Lipinski definition) is 5. The Morgan fingerprint density at radius 3 is 2.51 bits per heavy atom. The van der Waals surface area contributed by atoms with Crippen molar-refractivity contribution in [2.45, 2.75) is 76.6 Å². The summed E-state index contributed by atoms with van der Waals surface area (Å²) in [5.74, 6) is -1.10. The maximum atomic E-state index is 15.4. The maximum Gasteiger partial charge on any atom is 0.586 e. The highest BCUT2D eigenvalue weighted by molar-refractivity contribution is 5.95. The highest BCUT2D eigenvalue weighted by atomic mass is 19.3. The fraction of sp³-hybridized carbons (Fsp3) is 0.483. The molecular formula is C29H31F3O5. The first-order valence-corrected chi connectivity index (χ1v) is 12.7. The molecule has 1 saturated carbocycles. The summed E-state index contributed by atoms with van der Waals surface area (Å²) in [4.78, 5) is 13.4. The Morgan fingerprint density at radius 1 is 1.16 bits per heavy atom. The van der Waals surface area contributed by atoms with Crippen LogP contribution < -0.4 is 9.47 Å². The fourth-order valence-electron chi connectivity index (χ4n) is 5.56. The van der Waals surface area contributed by atoms with Gasteiger partial charge in [-0.15, -0.1) is 8.78 Å². The van der Waals surface area contributed by atoms with E-state index in [1.807, 2.05) is 6.08 Å². The number of hydrogen-bond donors (Lipinski definition) is 2. The molecule has 0 aromatic heterocycles. The lowest BCUT2D eigenvalue weighted by Gasteiger charge is -2.31. The molecule has 0 spiro atoms. The maximum absolute atomic E-state index is 15.4. The first kappa shape index (κ1) is 25.8. The number of fused-ring (bicyclic) bond motifs is 2. The van der Waals surface area contributed by atoms with Crippen molar-refractivity contribution in [2.75, 3.05) is 6.61 Å². The molecule has 8 heteroatoms. The predicted octanol–water partition coefficient (Wildman–Crippen LogP) is 5.65. The number of ketones is 1. The van der Waals surface area contributed by atoms with Crippen molar-refractivity contribution in [2.24, 2.45) is 5.41 Å². The van der Waals surface area contributed by atoms with Gasteiger partial charge in [0.25, 0.3) is 0 Å². The van der Waals surface area contributed by atoms with E-state index in [1.54, 1.807) is 12.1 Å². The van der Waals surface area contributed by atoms with E-state index in [4.69, 9.17) is 0 Å². The van der Waals surface area contributed by atoms with Gasteiger partial charge in [-0.2, -0.15) is 0 Å². The van der Waals surface area contributed by atoms with Crippen molar-refractivity contribution in [1.29, 1.82) is 0 Å². The molecule has 2 N–H and O–H groups in total. The van der Waals surface area contributed by atoms with Crippen LogP contribution >= 0.6 is 0 Å². The van der Waals surface area contributed by atoms with Crippen molar-refractivity contribution in [3.63, 3.8) is 0 Å². The number of halogens is 3. The molecule has 1 heterocycles. The molecule has 1 unspecified atom stereocenters. The molecule has 0 saturated heterocycles. The van der Waals surface area contributed by atoms with E-state index in [9.17, 15) is 23.8 Å². The lowest BCUT2D eigenvalue weighted by atomic mass is 9.74. The number of Topliss-reactive ketones (excluding diaryl/α,β-unsaturated/α-hetero) is 1. The Morgan fingerprint density at radius 2 is 1.86 bits per heavy atom. The van der Waals surface area contributed by atoms with Crippen LogP contribution in [0.1, 0.15) is 74.6 Å². The van der Waals surface area contributed by atoms with Crippen molar-refractivity contribution >= 4 is 11.9 Å². The largest absolute Gasteiger partial charge is 0.586 e. The molecular weight excluding hydrogens is 485 g/mol. The van der Waals surface area contributed by atoms with Crippen LogP contribution in [0.4, 0.5) is 13.2 Å². The van der Waals surface area contributed by atoms with Crippen LogP contribution in [0.25, 0.3) is 6.08 Å². The second kappa shape index (κ2) is 8.88. The van der Waals surface area contributed by atoms with E-state index in [2.05, 4.69) is 30.2 Å². The van der Waals surface area contributed by atoms with E-state index in [1.165, 1.54) is 18.2 Å². The smallest absolute Gasteiger partial charge is 0.395 e. The van der Waals surface area contributed by atoms with E-state index in [0.29, 0.717) is 18.4 Å². The highest BCUT2D eigenvalue weighted by Gasteiger charge is 2.52. The number of ether oxygens (including phenoxy) is 2. The normalized spacial score (nSPS) is 21.4.